The molecule has 0 aliphatic carbocycles. The standard InChI is InChI=1S/C15H13N3O4.2C2H6/c19-14(10-11-6-2-1-3-7-11)16-17-15(20)12-8-4-5-9-13(12)18(21)22;2*1-2/h1-9H,10H2,(H,16,19)(H,17,20);2*1-2H3. The topological polar surface area (TPSA) is 101 Å². The highest BCUT2D eigenvalue weighted by Gasteiger charge is 2.19. The first-order chi connectivity index (χ1) is 12.6. The summed E-state index contributed by atoms with van der Waals surface area (Å²) >= 11 is 0. The van der Waals surface area contributed by atoms with E-state index in [1.807, 2.05) is 33.8 Å². The number of carbonyl (C=O) groups is 2. The molecule has 7 heteroatoms. The Hall–Kier alpha value is -3.22. The smallest absolute Gasteiger partial charge is 0.273 e. The Kier molecular flexibility index (Phi) is 11.5. The number of nitro groups is 1. The second kappa shape index (κ2) is 13.1. The highest BCUT2D eigenvalue weighted by molar-refractivity contribution is 5.99. The third-order valence-electron chi connectivity index (χ3n) is 2.87. The molecule has 0 aliphatic rings. The van der Waals surface area contributed by atoms with Crippen LogP contribution >= 0.6 is 0 Å². The van der Waals surface area contributed by atoms with E-state index in [0.29, 0.717) is 0 Å². The molecule has 0 spiro atoms. The van der Waals surface area contributed by atoms with Crippen molar-refractivity contribution in [2.75, 3.05) is 0 Å². The van der Waals surface area contributed by atoms with Gasteiger partial charge < -0.3 is 0 Å². The minimum Gasteiger partial charge on any atom is -0.273 e. The first-order valence-electron chi connectivity index (χ1n) is 8.44. The van der Waals surface area contributed by atoms with E-state index in [1.165, 1.54) is 24.3 Å². The van der Waals surface area contributed by atoms with Gasteiger partial charge in [0.1, 0.15) is 5.56 Å². The Morgan fingerprint density at radius 3 is 2.00 bits per heavy atom. The van der Waals surface area contributed by atoms with Gasteiger partial charge >= 0.3 is 0 Å². The maximum Gasteiger partial charge on any atom is 0.282 e. The molecule has 0 saturated heterocycles. The van der Waals surface area contributed by atoms with Gasteiger partial charge in [-0.15, -0.1) is 0 Å². The lowest BCUT2D eigenvalue weighted by molar-refractivity contribution is -0.385. The Morgan fingerprint density at radius 1 is 0.885 bits per heavy atom. The number of amides is 2. The molecule has 0 unspecified atom stereocenters. The molecule has 0 aliphatic heterocycles. The number of rotatable bonds is 4. The second-order valence-electron chi connectivity index (χ2n) is 4.44. The van der Waals surface area contributed by atoms with Crippen molar-refractivity contribution in [1.82, 2.24) is 10.9 Å². The number of hydrazine groups is 1. The van der Waals surface area contributed by atoms with Crippen molar-refractivity contribution in [3.05, 3.63) is 75.8 Å². The second-order valence-corrected chi connectivity index (χ2v) is 4.44. The van der Waals surface area contributed by atoms with Crippen LogP contribution in [0.3, 0.4) is 0 Å². The molecule has 2 aromatic carbocycles. The molecule has 0 saturated carbocycles. The number of hydrogen-bond donors (Lipinski definition) is 2. The quantitative estimate of drug-likeness (QED) is 0.642. The van der Waals surface area contributed by atoms with Gasteiger partial charge in [0.05, 0.1) is 11.3 Å². The van der Waals surface area contributed by atoms with E-state index < -0.39 is 16.7 Å². The lowest BCUT2D eigenvalue weighted by Crippen LogP contribution is -2.42. The molecular formula is C19H25N3O4. The predicted molar refractivity (Wildman–Crippen MR) is 102 cm³/mol. The van der Waals surface area contributed by atoms with Crippen molar-refractivity contribution in [2.45, 2.75) is 34.1 Å². The maximum atomic E-state index is 11.9. The summed E-state index contributed by atoms with van der Waals surface area (Å²) < 4.78 is 0. The van der Waals surface area contributed by atoms with Crippen LogP contribution in [-0.4, -0.2) is 16.7 Å². The van der Waals surface area contributed by atoms with E-state index in [0.717, 1.165) is 5.56 Å². The van der Waals surface area contributed by atoms with E-state index >= 15 is 0 Å². The molecule has 2 rings (SSSR count). The number of nitrogens with zero attached hydrogens (tertiary/aromatic N) is 1. The summed E-state index contributed by atoms with van der Waals surface area (Å²) in [5.41, 5.74) is 4.76. The van der Waals surface area contributed by atoms with Crippen molar-refractivity contribution in [3.8, 4) is 0 Å². The monoisotopic (exact) mass is 359 g/mol. The Bertz CT molecular complexity index is 703. The van der Waals surface area contributed by atoms with Crippen molar-refractivity contribution in [1.29, 1.82) is 0 Å². The molecule has 0 bridgehead atoms. The molecular weight excluding hydrogens is 334 g/mol. The lowest BCUT2D eigenvalue weighted by atomic mass is 10.1. The fourth-order valence-corrected chi connectivity index (χ4v) is 1.84. The van der Waals surface area contributed by atoms with Gasteiger partial charge in [-0.25, -0.2) is 0 Å². The highest BCUT2D eigenvalue weighted by atomic mass is 16.6. The molecule has 2 amide bonds. The molecule has 140 valence electrons. The van der Waals surface area contributed by atoms with E-state index in [9.17, 15) is 19.7 Å². The van der Waals surface area contributed by atoms with Crippen molar-refractivity contribution in [3.63, 3.8) is 0 Å². The summed E-state index contributed by atoms with van der Waals surface area (Å²) in [5.74, 6) is -1.16. The van der Waals surface area contributed by atoms with Crippen LogP contribution in [0.1, 0.15) is 43.6 Å². The largest absolute Gasteiger partial charge is 0.282 e. The van der Waals surface area contributed by atoms with E-state index in [2.05, 4.69) is 10.9 Å². The molecule has 0 aromatic heterocycles. The summed E-state index contributed by atoms with van der Waals surface area (Å²) in [5, 5.41) is 10.8. The Labute approximate surface area is 153 Å². The Balaban J connectivity index is 0.00000146. The van der Waals surface area contributed by atoms with Crippen LogP contribution in [0.5, 0.6) is 0 Å². The average molecular weight is 359 g/mol. The number of nitro benzene ring substituents is 1. The van der Waals surface area contributed by atoms with Crippen LogP contribution < -0.4 is 10.9 Å². The highest BCUT2D eigenvalue weighted by Crippen LogP contribution is 2.16. The van der Waals surface area contributed by atoms with E-state index in [1.54, 1.807) is 24.3 Å². The number of nitrogens with one attached hydrogen (secondary N) is 2. The molecule has 0 radical (unpaired) electrons. The third-order valence-corrected chi connectivity index (χ3v) is 2.87. The minimum absolute atomic E-state index is 0.0952. The normalized spacial score (nSPS) is 8.77. The van der Waals surface area contributed by atoms with Gasteiger partial charge in [-0.2, -0.15) is 0 Å². The Morgan fingerprint density at radius 2 is 1.42 bits per heavy atom. The zero-order valence-corrected chi connectivity index (χ0v) is 15.5. The summed E-state index contributed by atoms with van der Waals surface area (Å²) in [6.45, 7) is 8.00. The fourth-order valence-electron chi connectivity index (χ4n) is 1.84. The fraction of sp³-hybridized carbons (Fsp3) is 0.263. The summed E-state index contributed by atoms with van der Waals surface area (Å²) in [6.07, 6.45) is 0.0952. The first-order valence-corrected chi connectivity index (χ1v) is 8.44. The SMILES string of the molecule is CC.CC.O=C(Cc1ccccc1)NNC(=O)c1ccccc1[N+](=O)[O-]. The van der Waals surface area contributed by atoms with Gasteiger partial charge in [0, 0.05) is 6.07 Å². The van der Waals surface area contributed by atoms with Gasteiger partial charge in [0.2, 0.25) is 5.91 Å². The van der Waals surface area contributed by atoms with E-state index in [-0.39, 0.29) is 17.7 Å². The lowest BCUT2D eigenvalue weighted by Gasteiger charge is -2.07. The molecule has 0 atom stereocenters. The van der Waals surface area contributed by atoms with E-state index in [4.69, 9.17) is 0 Å². The van der Waals surface area contributed by atoms with Crippen molar-refractivity contribution < 1.29 is 14.5 Å². The van der Waals surface area contributed by atoms with Crippen molar-refractivity contribution in [2.24, 2.45) is 0 Å². The van der Waals surface area contributed by atoms with Gasteiger partial charge in [0.25, 0.3) is 11.6 Å². The zero-order chi connectivity index (χ0) is 19.9. The van der Waals surface area contributed by atoms with Gasteiger partial charge in [0.15, 0.2) is 0 Å². The van der Waals surface area contributed by atoms with Crippen LogP contribution in [-0.2, 0) is 11.2 Å². The summed E-state index contributed by atoms with van der Waals surface area (Å²) in [6, 6.07) is 14.5. The zero-order valence-electron chi connectivity index (χ0n) is 15.5. The third kappa shape index (κ3) is 7.57. The van der Waals surface area contributed by atoms with Crippen LogP contribution in [0.25, 0.3) is 0 Å². The van der Waals surface area contributed by atoms with Crippen LogP contribution in [0.2, 0.25) is 0 Å². The molecule has 0 heterocycles. The van der Waals surface area contributed by atoms with Crippen LogP contribution in [0.4, 0.5) is 5.69 Å². The number of para-hydroxylation sites is 1. The predicted octanol–water partition coefficient (Wildman–Crippen LogP) is 3.65. The minimum atomic E-state index is -0.742. The van der Waals surface area contributed by atoms with Gasteiger partial charge in [-0.05, 0) is 11.6 Å². The van der Waals surface area contributed by atoms with Gasteiger partial charge in [-0.3, -0.25) is 30.6 Å². The molecule has 26 heavy (non-hydrogen) atoms. The van der Waals surface area contributed by atoms with Gasteiger partial charge in [-0.1, -0.05) is 70.2 Å². The van der Waals surface area contributed by atoms with Crippen LogP contribution in [0.15, 0.2) is 54.6 Å². The molecule has 2 N–H and O–H groups in total. The number of carbonyl (C=O) groups excluding carboxylic acids is 2. The van der Waals surface area contributed by atoms with Crippen LogP contribution in [0, 0.1) is 10.1 Å². The maximum absolute atomic E-state index is 11.9. The first kappa shape index (κ1) is 22.8. The molecule has 2 aromatic rings. The van der Waals surface area contributed by atoms with Crippen molar-refractivity contribution >= 4 is 17.5 Å². The number of benzene rings is 2. The summed E-state index contributed by atoms with van der Waals surface area (Å²) in [7, 11) is 0. The molecule has 0 fully saturated rings. The average Bonchev–Trinajstić information content (AvgIpc) is 2.70. The summed E-state index contributed by atoms with van der Waals surface area (Å²) in [4.78, 5) is 33.8. The number of hydrogen-bond acceptors (Lipinski definition) is 4. The molecule has 7 nitrogen and oxygen atoms in total.